The number of nitrogens with zero attached hydrogens (tertiary/aromatic N) is 1. The predicted octanol–water partition coefficient (Wildman–Crippen LogP) is 0.735. The molecule has 4 rings (SSSR count). The molecule has 3 aliphatic rings. The Hall–Kier alpha value is -2.08. The second-order valence-corrected chi connectivity index (χ2v) is 5.70. The summed E-state index contributed by atoms with van der Waals surface area (Å²) in [6.45, 7) is 0.831. The number of rotatable bonds is 3. The first-order chi connectivity index (χ1) is 10.1. The Morgan fingerprint density at radius 3 is 3.14 bits per heavy atom. The number of amides is 1. The maximum atomic E-state index is 12.7. The summed E-state index contributed by atoms with van der Waals surface area (Å²) < 4.78 is 16.1. The molecule has 3 aliphatic heterocycles. The van der Waals surface area contributed by atoms with Gasteiger partial charge in [0.25, 0.3) is 0 Å². The third kappa shape index (κ3) is 1.62. The standard InChI is InChI=1S/C15H15NO5/c1-19-14(18)11-10-4-5-15(21-10)8-16(13(17)12(11)15)7-9-3-2-6-20-9/h2-6,10-12H,7-8H2,1H3/t10-,11+,12+,15-/m0/s1. The molecule has 1 spiro atoms. The summed E-state index contributed by atoms with van der Waals surface area (Å²) in [4.78, 5) is 26.4. The van der Waals surface area contributed by atoms with Gasteiger partial charge in [0.2, 0.25) is 5.91 Å². The first-order valence-electron chi connectivity index (χ1n) is 6.91. The highest BCUT2D eigenvalue weighted by molar-refractivity contribution is 5.91. The van der Waals surface area contributed by atoms with E-state index in [1.807, 2.05) is 18.2 Å². The summed E-state index contributed by atoms with van der Waals surface area (Å²) in [6.07, 6.45) is 5.01. The molecule has 1 amide bonds. The number of hydrogen-bond acceptors (Lipinski definition) is 5. The zero-order valence-electron chi connectivity index (χ0n) is 11.5. The van der Waals surface area contributed by atoms with Crippen LogP contribution in [0.5, 0.6) is 0 Å². The van der Waals surface area contributed by atoms with Gasteiger partial charge in [0.15, 0.2) is 0 Å². The Morgan fingerprint density at radius 2 is 2.43 bits per heavy atom. The molecule has 4 heterocycles. The number of esters is 1. The van der Waals surface area contributed by atoms with Gasteiger partial charge in [-0.3, -0.25) is 9.59 Å². The van der Waals surface area contributed by atoms with E-state index in [-0.39, 0.29) is 18.0 Å². The van der Waals surface area contributed by atoms with Gasteiger partial charge in [-0.1, -0.05) is 12.2 Å². The van der Waals surface area contributed by atoms with Crippen molar-refractivity contribution in [3.63, 3.8) is 0 Å². The minimum Gasteiger partial charge on any atom is -0.469 e. The number of hydrogen-bond donors (Lipinski definition) is 0. The molecule has 0 unspecified atom stereocenters. The molecule has 6 heteroatoms. The van der Waals surface area contributed by atoms with Gasteiger partial charge < -0.3 is 18.8 Å². The summed E-state index contributed by atoms with van der Waals surface area (Å²) in [7, 11) is 1.34. The summed E-state index contributed by atoms with van der Waals surface area (Å²) in [5.41, 5.74) is -0.687. The Bertz CT molecular complexity index is 622. The molecule has 2 bridgehead atoms. The molecule has 0 saturated carbocycles. The first-order valence-corrected chi connectivity index (χ1v) is 6.91. The normalized spacial score (nSPS) is 36.3. The van der Waals surface area contributed by atoms with Crippen molar-refractivity contribution in [1.82, 2.24) is 4.90 Å². The number of fused-ring (bicyclic) bond motifs is 1. The van der Waals surface area contributed by atoms with Gasteiger partial charge in [0.1, 0.15) is 17.3 Å². The van der Waals surface area contributed by atoms with Gasteiger partial charge in [-0.2, -0.15) is 0 Å². The van der Waals surface area contributed by atoms with Crippen LogP contribution in [0.2, 0.25) is 0 Å². The fourth-order valence-electron chi connectivity index (χ4n) is 3.71. The van der Waals surface area contributed by atoms with Crippen LogP contribution in [0.4, 0.5) is 0 Å². The lowest BCUT2D eigenvalue weighted by molar-refractivity contribution is -0.151. The van der Waals surface area contributed by atoms with E-state index in [1.165, 1.54) is 7.11 Å². The molecule has 1 aromatic rings. The van der Waals surface area contributed by atoms with E-state index in [2.05, 4.69) is 0 Å². The molecular weight excluding hydrogens is 274 g/mol. The third-order valence-electron chi connectivity index (χ3n) is 4.58. The van der Waals surface area contributed by atoms with E-state index in [4.69, 9.17) is 13.9 Å². The summed E-state index contributed by atoms with van der Waals surface area (Å²) in [5.74, 6) is -0.782. The lowest BCUT2D eigenvalue weighted by Gasteiger charge is -2.22. The Kier molecular flexibility index (Phi) is 2.53. The quantitative estimate of drug-likeness (QED) is 0.606. The lowest BCUT2D eigenvalue weighted by atomic mass is 9.77. The highest BCUT2D eigenvalue weighted by Crippen LogP contribution is 2.52. The highest BCUT2D eigenvalue weighted by Gasteiger charge is 2.67. The average Bonchev–Trinajstić information content (AvgIpc) is 3.22. The summed E-state index contributed by atoms with van der Waals surface area (Å²) in [5, 5.41) is 0. The van der Waals surface area contributed by atoms with E-state index < -0.39 is 17.4 Å². The number of likely N-dealkylation sites (tertiary alicyclic amines) is 1. The van der Waals surface area contributed by atoms with Crippen molar-refractivity contribution in [2.45, 2.75) is 18.2 Å². The van der Waals surface area contributed by atoms with E-state index >= 15 is 0 Å². The van der Waals surface area contributed by atoms with Crippen molar-refractivity contribution >= 4 is 11.9 Å². The fourth-order valence-corrected chi connectivity index (χ4v) is 3.71. The van der Waals surface area contributed by atoms with Gasteiger partial charge >= 0.3 is 5.97 Å². The monoisotopic (exact) mass is 289 g/mol. The van der Waals surface area contributed by atoms with Crippen LogP contribution in [0.15, 0.2) is 35.0 Å². The molecule has 0 aliphatic carbocycles. The minimum atomic E-state index is -0.687. The third-order valence-corrected chi connectivity index (χ3v) is 4.58. The van der Waals surface area contributed by atoms with E-state index in [9.17, 15) is 9.59 Å². The van der Waals surface area contributed by atoms with Crippen LogP contribution >= 0.6 is 0 Å². The first kappa shape index (κ1) is 12.6. The van der Waals surface area contributed by atoms with Gasteiger partial charge in [0, 0.05) is 0 Å². The number of furan rings is 1. The largest absolute Gasteiger partial charge is 0.469 e. The Balaban J connectivity index is 1.64. The SMILES string of the molecule is COC(=O)[C@@H]1[C@@H]2C=C[C@@]3(CN(Cc4ccco4)C(=O)[C@@H]13)O2. The fraction of sp³-hybridized carbons (Fsp3) is 0.467. The number of carbonyl (C=O) groups is 2. The van der Waals surface area contributed by atoms with Crippen LogP contribution in [0, 0.1) is 11.8 Å². The topological polar surface area (TPSA) is 69.0 Å². The van der Waals surface area contributed by atoms with Crippen molar-refractivity contribution in [2.24, 2.45) is 11.8 Å². The molecule has 2 fully saturated rings. The molecular formula is C15H15NO5. The number of ether oxygens (including phenoxy) is 2. The van der Waals surface area contributed by atoms with Gasteiger partial charge in [-0.15, -0.1) is 0 Å². The van der Waals surface area contributed by atoms with E-state index in [0.717, 1.165) is 0 Å². The number of methoxy groups -OCH3 is 1. The van der Waals surface area contributed by atoms with Crippen molar-refractivity contribution in [3.8, 4) is 0 Å². The average molecular weight is 289 g/mol. The summed E-state index contributed by atoms with van der Waals surface area (Å²) >= 11 is 0. The Morgan fingerprint density at radius 1 is 1.57 bits per heavy atom. The maximum absolute atomic E-state index is 12.7. The van der Waals surface area contributed by atoms with Crippen LogP contribution in [-0.4, -0.2) is 42.1 Å². The number of carbonyl (C=O) groups excluding carboxylic acids is 2. The van der Waals surface area contributed by atoms with Crippen LogP contribution in [0.25, 0.3) is 0 Å². The molecule has 2 saturated heterocycles. The van der Waals surface area contributed by atoms with E-state index in [0.29, 0.717) is 18.8 Å². The molecule has 0 radical (unpaired) electrons. The molecule has 6 nitrogen and oxygen atoms in total. The Labute approximate surface area is 121 Å². The zero-order chi connectivity index (χ0) is 14.6. The summed E-state index contributed by atoms with van der Waals surface area (Å²) in [6, 6.07) is 3.61. The molecule has 21 heavy (non-hydrogen) atoms. The van der Waals surface area contributed by atoms with Gasteiger partial charge in [0.05, 0.1) is 38.5 Å². The minimum absolute atomic E-state index is 0.0753. The molecule has 110 valence electrons. The molecule has 4 atom stereocenters. The van der Waals surface area contributed by atoms with Crippen LogP contribution in [-0.2, 0) is 25.6 Å². The smallest absolute Gasteiger partial charge is 0.312 e. The second-order valence-electron chi connectivity index (χ2n) is 5.70. The van der Waals surface area contributed by atoms with Crippen molar-refractivity contribution in [2.75, 3.05) is 13.7 Å². The van der Waals surface area contributed by atoms with Crippen LogP contribution in [0.1, 0.15) is 5.76 Å². The van der Waals surface area contributed by atoms with Crippen LogP contribution < -0.4 is 0 Å². The van der Waals surface area contributed by atoms with Crippen LogP contribution in [0.3, 0.4) is 0 Å². The van der Waals surface area contributed by atoms with Crippen molar-refractivity contribution in [3.05, 3.63) is 36.3 Å². The van der Waals surface area contributed by atoms with Crippen molar-refractivity contribution < 1.29 is 23.5 Å². The predicted molar refractivity (Wildman–Crippen MR) is 69.9 cm³/mol. The second kappa shape index (κ2) is 4.21. The van der Waals surface area contributed by atoms with E-state index in [1.54, 1.807) is 17.2 Å². The zero-order valence-corrected chi connectivity index (χ0v) is 11.5. The van der Waals surface area contributed by atoms with Crippen molar-refractivity contribution in [1.29, 1.82) is 0 Å². The van der Waals surface area contributed by atoms with Gasteiger partial charge in [-0.05, 0) is 12.1 Å². The molecule has 0 N–H and O–H groups in total. The molecule has 1 aromatic heterocycles. The highest BCUT2D eigenvalue weighted by atomic mass is 16.5. The molecule has 0 aromatic carbocycles. The lowest BCUT2D eigenvalue weighted by Crippen LogP contribution is -2.39. The van der Waals surface area contributed by atoms with Gasteiger partial charge in [-0.25, -0.2) is 0 Å². The maximum Gasteiger partial charge on any atom is 0.312 e.